The maximum absolute atomic E-state index is 12.3. The number of carbonyl (C=O) groups is 1. The van der Waals surface area contributed by atoms with Crippen LogP contribution in [0.3, 0.4) is 0 Å². The first-order valence-corrected chi connectivity index (χ1v) is 7.60. The SMILES string of the molecule is CC(C)(C)[C@H](N)C(=O)N1CCN(c2cccs2)CC1.Cl.Cl. The minimum absolute atomic E-state index is 0. The van der Waals surface area contributed by atoms with Crippen molar-refractivity contribution in [2.24, 2.45) is 11.1 Å². The molecule has 1 aromatic rings. The zero-order valence-electron chi connectivity index (χ0n) is 12.7. The summed E-state index contributed by atoms with van der Waals surface area (Å²) in [5.41, 5.74) is 5.87. The van der Waals surface area contributed by atoms with Crippen molar-refractivity contribution < 1.29 is 4.79 Å². The van der Waals surface area contributed by atoms with Gasteiger partial charge in [0.1, 0.15) is 0 Å². The van der Waals surface area contributed by atoms with Crippen LogP contribution < -0.4 is 10.6 Å². The Morgan fingerprint density at radius 1 is 1.24 bits per heavy atom. The largest absolute Gasteiger partial charge is 0.360 e. The van der Waals surface area contributed by atoms with Crippen LogP contribution in [0.5, 0.6) is 0 Å². The van der Waals surface area contributed by atoms with Gasteiger partial charge >= 0.3 is 0 Å². The van der Waals surface area contributed by atoms with Crippen LogP contribution in [-0.2, 0) is 4.79 Å². The summed E-state index contributed by atoms with van der Waals surface area (Å²) in [5, 5.41) is 3.37. The first-order chi connectivity index (χ1) is 8.89. The van der Waals surface area contributed by atoms with Gasteiger partial charge in [-0.1, -0.05) is 20.8 Å². The van der Waals surface area contributed by atoms with Crippen molar-refractivity contribution in [2.45, 2.75) is 26.8 Å². The standard InChI is InChI=1S/C14H23N3OS.2ClH/c1-14(2,3)12(15)13(18)17-8-6-16(7-9-17)11-5-4-10-19-11;;/h4-5,10,12H,6-9,15H2,1-3H3;2*1H/t12-;;/m1../s1. The molecule has 2 N–H and O–H groups in total. The highest BCUT2D eigenvalue weighted by molar-refractivity contribution is 7.14. The third-order valence-corrected chi connectivity index (χ3v) is 4.54. The van der Waals surface area contributed by atoms with E-state index >= 15 is 0 Å². The molecule has 1 atom stereocenters. The molecule has 1 saturated heterocycles. The molecule has 2 heterocycles. The van der Waals surface area contributed by atoms with Gasteiger partial charge in [-0.3, -0.25) is 4.79 Å². The molecule has 1 aliphatic heterocycles. The number of anilines is 1. The minimum Gasteiger partial charge on any atom is -0.360 e. The predicted octanol–water partition coefficient (Wildman–Crippen LogP) is 2.61. The van der Waals surface area contributed by atoms with Crippen molar-refractivity contribution in [3.63, 3.8) is 0 Å². The summed E-state index contributed by atoms with van der Waals surface area (Å²) in [7, 11) is 0. The molecule has 122 valence electrons. The molecule has 0 bridgehead atoms. The number of amides is 1. The van der Waals surface area contributed by atoms with E-state index in [4.69, 9.17) is 5.73 Å². The average molecular weight is 354 g/mol. The highest BCUT2D eigenvalue weighted by atomic mass is 35.5. The Labute approximate surface area is 143 Å². The number of nitrogens with two attached hydrogens (primary N) is 1. The molecule has 1 amide bonds. The smallest absolute Gasteiger partial charge is 0.240 e. The van der Waals surface area contributed by atoms with Crippen LogP contribution in [0.25, 0.3) is 0 Å². The Kier molecular flexibility index (Phi) is 8.03. The van der Waals surface area contributed by atoms with E-state index in [0.29, 0.717) is 0 Å². The molecule has 0 aromatic carbocycles. The van der Waals surface area contributed by atoms with Gasteiger partial charge in [-0.05, 0) is 22.9 Å². The Morgan fingerprint density at radius 3 is 2.24 bits per heavy atom. The van der Waals surface area contributed by atoms with Gasteiger partial charge in [0, 0.05) is 26.2 Å². The van der Waals surface area contributed by atoms with Crippen molar-refractivity contribution in [1.29, 1.82) is 0 Å². The Bertz CT molecular complexity index is 426. The first kappa shape index (κ1) is 20.5. The average Bonchev–Trinajstić information content (AvgIpc) is 2.90. The van der Waals surface area contributed by atoms with Gasteiger partial charge in [-0.25, -0.2) is 0 Å². The summed E-state index contributed by atoms with van der Waals surface area (Å²) in [6, 6.07) is 3.77. The predicted molar refractivity (Wildman–Crippen MR) is 95.0 cm³/mol. The number of hydrogen-bond donors (Lipinski definition) is 1. The van der Waals surface area contributed by atoms with Crippen LogP contribution >= 0.6 is 36.2 Å². The van der Waals surface area contributed by atoms with E-state index in [2.05, 4.69) is 22.4 Å². The maximum atomic E-state index is 12.3. The molecule has 2 rings (SSSR count). The molecular weight excluding hydrogens is 329 g/mol. The Hall–Kier alpha value is -0.490. The molecule has 0 unspecified atom stereocenters. The third kappa shape index (κ3) is 5.02. The van der Waals surface area contributed by atoms with E-state index in [9.17, 15) is 4.79 Å². The second-order valence-corrected chi connectivity index (χ2v) is 7.03. The van der Waals surface area contributed by atoms with Gasteiger partial charge in [0.2, 0.25) is 5.91 Å². The number of carbonyl (C=O) groups excluding carboxylic acids is 1. The molecule has 1 aromatic heterocycles. The molecule has 1 aliphatic rings. The molecule has 0 radical (unpaired) electrons. The number of halogens is 2. The lowest BCUT2D eigenvalue weighted by Crippen LogP contribution is -2.56. The summed E-state index contributed by atoms with van der Waals surface area (Å²) < 4.78 is 0. The van der Waals surface area contributed by atoms with Crippen LogP contribution in [0.4, 0.5) is 5.00 Å². The molecule has 4 nitrogen and oxygen atoms in total. The minimum atomic E-state index is -0.416. The molecule has 1 fully saturated rings. The topological polar surface area (TPSA) is 49.6 Å². The highest BCUT2D eigenvalue weighted by Gasteiger charge is 2.32. The van der Waals surface area contributed by atoms with Gasteiger partial charge in [-0.2, -0.15) is 0 Å². The number of nitrogens with zero attached hydrogens (tertiary/aromatic N) is 2. The zero-order valence-corrected chi connectivity index (χ0v) is 15.2. The molecular formula is C14H25Cl2N3OS. The lowest BCUT2D eigenvalue weighted by atomic mass is 9.86. The van der Waals surface area contributed by atoms with Crippen LogP contribution in [0.15, 0.2) is 17.5 Å². The fourth-order valence-electron chi connectivity index (χ4n) is 2.16. The lowest BCUT2D eigenvalue weighted by molar-refractivity contribution is -0.135. The van der Waals surface area contributed by atoms with Gasteiger partial charge < -0.3 is 15.5 Å². The van der Waals surface area contributed by atoms with Gasteiger partial charge in [0.15, 0.2) is 0 Å². The second kappa shape index (κ2) is 8.22. The quantitative estimate of drug-likeness (QED) is 0.888. The number of piperazine rings is 1. The zero-order chi connectivity index (χ0) is 14.0. The van der Waals surface area contributed by atoms with Crippen LogP contribution in [0, 0.1) is 5.41 Å². The molecule has 7 heteroatoms. The second-order valence-electron chi connectivity index (χ2n) is 6.11. The third-order valence-electron chi connectivity index (χ3n) is 3.61. The van der Waals surface area contributed by atoms with Crippen molar-refractivity contribution in [3.8, 4) is 0 Å². The highest BCUT2D eigenvalue weighted by Crippen LogP contribution is 2.24. The molecule has 0 spiro atoms. The fourth-order valence-corrected chi connectivity index (χ4v) is 2.95. The maximum Gasteiger partial charge on any atom is 0.240 e. The van der Waals surface area contributed by atoms with Crippen LogP contribution in [0.1, 0.15) is 20.8 Å². The van der Waals surface area contributed by atoms with E-state index in [0.717, 1.165) is 26.2 Å². The monoisotopic (exact) mass is 353 g/mol. The van der Waals surface area contributed by atoms with E-state index in [1.54, 1.807) is 11.3 Å². The van der Waals surface area contributed by atoms with Gasteiger partial charge in [0.05, 0.1) is 11.0 Å². The number of thiophene rings is 1. The summed E-state index contributed by atoms with van der Waals surface area (Å²) in [6.45, 7) is 9.35. The Balaban J connectivity index is 0.00000200. The van der Waals surface area contributed by atoms with Crippen molar-refractivity contribution in [1.82, 2.24) is 4.90 Å². The van der Waals surface area contributed by atoms with E-state index in [1.807, 2.05) is 25.7 Å². The number of hydrogen-bond acceptors (Lipinski definition) is 4. The first-order valence-electron chi connectivity index (χ1n) is 6.72. The molecule has 0 aliphatic carbocycles. The van der Waals surface area contributed by atoms with E-state index in [-0.39, 0.29) is 36.1 Å². The van der Waals surface area contributed by atoms with Crippen molar-refractivity contribution >= 4 is 47.1 Å². The fraction of sp³-hybridized carbons (Fsp3) is 0.643. The van der Waals surface area contributed by atoms with Gasteiger partial charge in [0.25, 0.3) is 0 Å². The van der Waals surface area contributed by atoms with Crippen LogP contribution in [0.2, 0.25) is 0 Å². The van der Waals surface area contributed by atoms with Gasteiger partial charge in [-0.15, -0.1) is 36.2 Å². The summed E-state index contributed by atoms with van der Waals surface area (Å²) in [5.74, 6) is 0.0818. The summed E-state index contributed by atoms with van der Waals surface area (Å²) in [6.07, 6.45) is 0. The van der Waals surface area contributed by atoms with Crippen molar-refractivity contribution in [3.05, 3.63) is 17.5 Å². The number of rotatable bonds is 2. The lowest BCUT2D eigenvalue weighted by Gasteiger charge is -2.38. The van der Waals surface area contributed by atoms with Crippen molar-refractivity contribution in [2.75, 3.05) is 31.1 Å². The summed E-state index contributed by atoms with van der Waals surface area (Å²) in [4.78, 5) is 16.6. The molecule has 0 saturated carbocycles. The van der Waals surface area contributed by atoms with Crippen LogP contribution in [-0.4, -0.2) is 43.0 Å². The summed E-state index contributed by atoms with van der Waals surface area (Å²) >= 11 is 1.75. The normalized spacial score (nSPS) is 16.8. The Morgan fingerprint density at radius 2 is 1.81 bits per heavy atom. The molecule has 21 heavy (non-hydrogen) atoms. The van der Waals surface area contributed by atoms with E-state index < -0.39 is 6.04 Å². The van der Waals surface area contributed by atoms with E-state index in [1.165, 1.54) is 5.00 Å².